The van der Waals surface area contributed by atoms with Crippen molar-refractivity contribution in [2.45, 2.75) is 13.2 Å². The van der Waals surface area contributed by atoms with E-state index in [1.54, 1.807) is 0 Å². The fraction of sp³-hybridized carbons (Fsp3) is 0.143. The molecule has 1 heterocycles. The first kappa shape index (κ1) is 11.8. The van der Waals surface area contributed by atoms with Crippen molar-refractivity contribution >= 4 is 29.4 Å². The normalized spacial score (nSPS) is 13.8. The molecule has 0 bridgehead atoms. The molecule has 2 aromatic rings. The maximum atomic E-state index is 9.13. The zero-order valence-corrected chi connectivity index (χ0v) is 10.5. The van der Waals surface area contributed by atoms with Gasteiger partial charge in [0.2, 0.25) is 0 Å². The van der Waals surface area contributed by atoms with Crippen molar-refractivity contribution in [3.8, 4) is 0 Å². The van der Waals surface area contributed by atoms with Gasteiger partial charge in [-0.05, 0) is 34.2 Å². The van der Waals surface area contributed by atoms with Crippen molar-refractivity contribution in [2.24, 2.45) is 0 Å². The zero-order chi connectivity index (χ0) is 12.5. The third kappa shape index (κ3) is 2.05. The lowest BCUT2D eigenvalue weighted by Crippen LogP contribution is -2.41. The van der Waals surface area contributed by atoms with Crippen LogP contribution in [0.5, 0.6) is 0 Å². The SMILES string of the molecule is OCc1ccc2c(c1)COB2c1cccc(Cl)c1. The number of rotatable bonds is 2. The van der Waals surface area contributed by atoms with E-state index in [4.69, 9.17) is 21.4 Å². The standard InChI is InChI=1S/C14H12BClO2/c16-13-3-1-2-12(7-13)15-14-5-4-10(8-17)6-11(14)9-18-15/h1-7,17H,8-9H2. The predicted octanol–water partition coefficient (Wildman–Crippen LogP) is 1.47. The average Bonchev–Trinajstić information content (AvgIpc) is 2.81. The smallest absolute Gasteiger partial charge is 0.362 e. The summed E-state index contributed by atoms with van der Waals surface area (Å²) in [5.41, 5.74) is 4.29. The summed E-state index contributed by atoms with van der Waals surface area (Å²) >= 11 is 6.01. The summed E-state index contributed by atoms with van der Waals surface area (Å²) in [6, 6.07) is 13.7. The van der Waals surface area contributed by atoms with Crippen LogP contribution in [0.1, 0.15) is 11.1 Å². The molecule has 1 aliphatic heterocycles. The maximum absolute atomic E-state index is 9.13. The number of hydrogen-bond donors (Lipinski definition) is 1. The van der Waals surface area contributed by atoms with E-state index in [0.717, 1.165) is 27.1 Å². The molecule has 0 fully saturated rings. The highest BCUT2D eigenvalue weighted by Gasteiger charge is 2.29. The van der Waals surface area contributed by atoms with Crippen LogP contribution in [0.3, 0.4) is 0 Å². The molecule has 3 rings (SSSR count). The Hall–Kier alpha value is -1.29. The van der Waals surface area contributed by atoms with E-state index in [9.17, 15) is 0 Å². The van der Waals surface area contributed by atoms with Gasteiger partial charge in [-0.1, -0.05) is 41.9 Å². The molecule has 0 radical (unpaired) electrons. The first-order valence-electron chi connectivity index (χ1n) is 5.87. The molecule has 0 aliphatic carbocycles. The van der Waals surface area contributed by atoms with Gasteiger partial charge in [-0.15, -0.1) is 0 Å². The average molecular weight is 259 g/mol. The Morgan fingerprint density at radius 2 is 2.11 bits per heavy atom. The number of aliphatic hydroxyl groups is 1. The third-order valence-electron chi connectivity index (χ3n) is 3.23. The van der Waals surface area contributed by atoms with Gasteiger partial charge in [-0.25, -0.2) is 0 Å². The fourth-order valence-corrected chi connectivity index (χ4v) is 2.55. The zero-order valence-electron chi connectivity index (χ0n) is 9.77. The van der Waals surface area contributed by atoms with Gasteiger partial charge >= 0.3 is 6.92 Å². The van der Waals surface area contributed by atoms with Gasteiger partial charge in [0.25, 0.3) is 0 Å². The predicted molar refractivity (Wildman–Crippen MR) is 73.6 cm³/mol. The first-order valence-corrected chi connectivity index (χ1v) is 6.25. The minimum atomic E-state index is -0.0496. The van der Waals surface area contributed by atoms with Crippen molar-refractivity contribution in [3.63, 3.8) is 0 Å². The number of fused-ring (bicyclic) bond motifs is 1. The minimum Gasteiger partial charge on any atom is -0.423 e. The van der Waals surface area contributed by atoms with E-state index >= 15 is 0 Å². The number of benzene rings is 2. The van der Waals surface area contributed by atoms with Gasteiger partial charge < -0.3 is 9.76 Å². The molecule has 4 heteroatoms. The van der Waals surface area contributed by atoms with Crippen LogP contribution in [0.2, 0.25) is 5.02 Å². The van der Waals surface area contributed by atoms with Crippen molar-refractivity contribution in [1.82, 2.24) is 0 Å². The van der Waals surface area contributed by atoms with Crippen LogP contribution in [-0.4, -0.2) is 12.0 Å². The maximum Gasteiger partial charge on any atom is 0.362 e. The van der Waals surface area contributed by atoms with Crippen LogP contribution in [0.25, 0.3) is 0 Å². The number of hydrogen-bond acceptors (Lipinski definition) is 2. The largest absolute Gasteiger partial charge is 0.423 e. The van der Waals surface area contributed by atoms with Crippen molar-refractivity contribution in [2.75, 3.05) is 0 Å². The Labute approximate surface area is 111 Å². The Morgan fingerprint density at radius 3 is 2.89 bits per heavy atom. The Balaban J connectivity index is 2.00. The monoisotopic (exact) mass is 258 g/mol. The second kappa shape index (κ2) is 4.77. The first-order chi connectivity index (χ1) is 8.78. The molecule has 90 valence electrons. The molecular weight excluding hydrogens is 246 g/mol. The topological polar surface area (TPSA) is 29.5 Å². The minimum absolute atomic E-state index is 0.0496. The highest BCUT2D eigenvalue weighted by Crippen LogP contribution is 2.14. The van der Waals surface area contributed by atoms with Gasteiger partial charge in [0.05, 0.1) is 13.2 Å². The van der Waals surface area contributed by atoms with Gasteiger partial charge in [0.15, 0.2) is 0 Å². The quantitative estimate of drug-likeness (QED) is 0.827. The highest BCUT2D eigenvalue weighted by molar-refractivity contribution is 6.81. The van der Waals surface area contributed by atoms with Gasteiger partial charge in [-0.2, -0.15) is 0 Å². The molecule has 0 atom stereocenters. The van der Waals surface area contributed by atoms with Crippen molar-refractivity contribution in [3.05, 3.63) is 58.6 Å². The fourth-order valence-electron chi connectivity index (χ4n) is 2.35. The second-order valence-corrected chi connectivity index (χ2v) is 4.87. The molecule has 1 aliphatic rings. The summed E-state index contributed by atoms with van der Waals surface area (Å²) in [6.07, 6.45) is 0. The van der Waals surface area contributed by atoms with E-state index < -0.39 is 0 Å². The van der Waals surface area contributed by atoms with E-state index in [-0.39, 0.29) is 13.5 Å². The van der Waals surface area contributed by atoms with Crippen LogP contribution in [0.4, 0.5) is 0 Å². The summed E-state index contributed by atoms with van der Waals surface area (Å²) in [4.78, 5) is 0. The number of aliphatic hydroxyl groups excluding tert-OH is 1. The summed E-state index contributed by atoms with van der Waals surface area (Å²) in [5, 5.41) is 9.85. The highest BCUT2D eigenvalue weighted by atomic mass is 35.5. The molecule has 0 unspecified atom stereocenters. The lowest BCUT2D eigenvalue weighted by molar-refractivity contribution is 0.281. The molecule has 1 N–H and O–H groups in total. The summed E-state index contributed by atoms with van der Waals surface area (Å²) in [7, 11) is 0. The lowest BCUT2D eigenvalue weighted by Gasteiger charge is -2.07. The molecule has 0 saturated heterocycles. The summed E-state index contributed by atoms with van der Waals surface area (Å²) < 4.78 is 5.82. The van der Waals surface area contributed by atoms with Crippen LogP contribution >= 0.6 is 11.6 Å². The van der Waals surface area contributed by atoms with Gasteiger partial charge in [0.1, 0.15) is 0 Å². The molecule has 0 saturated carbocycles. The summed E-state index contributed by atoms with van der Waals surface area (Å²) in [5.74, 6) is 0. The Bertz CT molecular complexity index is 586. The van der Waals surface area contributed by atoms with E-state index in [1.807, 2.05) is 42.5 Å². The van der Waals surface area contributed by atoms with E-state index in [1.165, 1.54) is 0 Å². The van der Waals surface area contributed by atoms with Gasteiger partial charge in [0, 0.05) is 5.02 Å². The molecule has 2 nitrogen and oxygen atoms in total. The Kier molecular flexibility index (Phi) is 3.12. The van der Waals surface area contributed by atoms with Crippen LogP contribution in [0.15, 0.2) is 42.5 Å². The molecule has 0 spiro atoms. The van der Waals surface area contributed by atoms with E-state index in [2.05, 4.69) is 0 Å². The molecule has 18 heavy (non-hydrogen) atoms. The second-order valence-electron chi connectivity index (χ2n) is 4.44. The summed E-state index contributed by atoms with van der Waals surface area (Å²) in [6.45, 7) is 0.599. The third-order valence-corrected chi connectivity index (χ3v) is 3.46. The van der Waals surface area contributed by atoms with Crippen molar-refractivity contribution in [1.29, 1.82) is 0 Å². The Morgan fingerprint density at radius 1 is 1.22 bits per heavy atom. The molecule has 0 aromatic heterocycles. The lowest BCUT2D eigenvalue weighted by atomic mass is 9.56. The van der Waals surface area contributed by atoms with Crippen molar-refractivity contribution < 1.29 is 9.76 Å². The van der Waals surface area contributed by atoms with Crippen LogP contribution in [-0.2, 0) is 17.9 Å². The van der Waals surface area contributed by atoms with E-state index in [0.29, 0.717) is 6.61 Å². The molecular formula is C14H12BClO2. The van der Waals surface area contributed by atoms with Crippen LogP contribution < -0.4 is 10.9 Å². The van der Waals surface area contributed by atoms with Crippen LogP contribution in [0, 0.1) is 0 Å². The molecule has 0 amide bonds. The number of halogens is 1. The molecule has 2 aromatic carbocycles. The van der Waals surface area contributed by atoms with Gasteiger partial charge in [-0.3, -0.25) is 0 Å².